The number of likely N-dealkylation sites (tertiary alicyclic amines) is 1. The molecule has 1 amide bonds. The third kappa shape index (κ3) is 4.24. The van der Waals surface area contributed by atoms with Crippen LogP contribution in [-0.2, 0) is 14.3 Å². The molecule has 2 aliphatic heterocycles. The monoisotopic (exact) mass is 454 g/mol. The number of ketones is 1. The average Bonchev–Trinajstić information content (AvgIpc) is 3.08. The minimum Gasteiger partial charge on any atom is -0.507 e. The zero-order chi connectivity index (χ0) is 23.5. The topological polar surface area (TPSA) is 128 Å². The molecule has 1 unspecified atom stereocenters. The number of benzene rings is 2. The molecule has 10 heteroatoms. The van der Waals surface area contributed by atoms with Gasteiger partial charge in [-0.05, 0) is 42.3 Å². The predicted molar refractivity (Wildman–Crippen MR) is 116 cm³/mol. The summed E-state index contributed by atoms with van der Waals surface area (Å²) in [6.45, 7) is 1.34. The molecule has 0 radical (unpaired) electrons. The normalized spacial score (nSPS) is 19.1. The van der Waals surface area contributed by atoms with Gasteiger partial charge in [-0.2, -0.15) is 0 Å². The number of amides is 1. The van der Waals surface area contributed by atoms with Crippen molar-refractivity contribution < 1.29 is 33.8 Å². The highest BCUT2D eigenvalue weighted by atomic mass is 16.6. The molecule has 0 saturated carbocycles. The molecule has 10 nitrogen and oxygen atoms in total. The van der Waals surface area contributed by atoms with Crippen molar-refractivity contribution in [2.75, 3.05) is 33.5 Å². The van der Waals surface area contributed by atoms with Gasteiger partial charge in [0.15, 0.2) is 11.5 Å². The lowest BCUT2D eigenvalue weighted by Crippen LogP contribution is -2.31. The second-order valence-corrected chi connectivity index (χ2v) is 7.55. The molecule has 2 aromatic rings. The van der Waals surface area contributed by atoms with Crippen LogP contribution in [-0.4, -0.2) is 60.1 Å². The van der Waals surface area contributed by atoms with E-state index in [1.807, 2.05) is 0 Å². The summed E-state index contributed by atoms with van der Waals surface area (Å²) in [5.74, 6) is -1.00. The molecule has 0 aromatic heterocycles. The van der Waals surface area contributed by atoms with Crippen LogP contribution in [0.25, 0.3) is 5.76 Å². The first-order chi connectivity index (χ1) is 15.9. The van der Waals surface area contributed by atoms with E-state index in [-0.39, 0.29) is 23.6 Å². The van der Waals surface area contributed by atoms with Crippen LogP contribution in [0, 0.1) is 10.1 Å². The van der Waals surface area contributed by atoms with Crippen LogP contribution in [0.15, 0.2) is 48.0 Å². The summed E-state index contributed by atoms with van der Waals surface area (Å²) in [6.07, 6.45) is 0.469. The van der Waals surface area contributed by atoms with Crippen LogP contribution >= 0.6 is 0 Å². The lowest BCUT2D eigenvalue weighted by molar-refractivity contribution is -0.384. The number of non-ortho nitro benzene ring substituents is 1. The first-order valence-electron chi connectivity index (χ1n) is 10.3. The van der Waals surface area contributed by atoms with E-state index >= 15 is 0 Å². The molecule has 1 atom stereocenters. The molecule has 4 rings (SSSR count). The molecule has 1 saturated heterocycles. The summed E-state index contributed by atoms with van der Waals surface area (Å²) in [5.41, 5.74) is 0.544. The van der Waals surface area contributed by atoms with Gasteiger partial charge in [0.2, 0.25) is 0 Å². The third-order valence-corrected chi connectivity index (χ3v) is 5.52. The van der Waals surface area contributed by atoms with Crippen LogP contribution in [0.1, 0.15) is 23.6 Å². The lowest BCUT2D eigenvalue weighted by Gasteiger charge is -2.25. The molecule has 0 aliphatic carbocycles. The molecular formula is C23H22N2O8. The van der Waals surface area contributed by atoms with Crippen LogP contribution < -0.4 is 9.47 Å². The van der Waals surface area contributed by atoms with Gasteiger partial charge >= 0.3 is 0 Å². The molecule has 2 aromatic carbocycles. The number of aliphatic hydroxyl groups excluding tert-OH is 1. The number of Topliss-reactive ketones (excluding diaryl/α,β-unsaturated/α-hetero) is 1. The number of ether oxygens (including phenoxy) is 3. The summed E-state index contributed by atoms with van der Waals surface area (Å²) in [7, 11) is 1.53. The van der Waals surface area contributed by atoms with E-state index in [0.717, 1.165) is 0 Å². The van der Waals surface area contributed by atoms with Gasteiger partial charge < -0.3 is 24.2 Å². The van der Waals surface area contributed by atoms with E-state index in [4.69, 9.17) is 14.2 Å². The van der Waals surface area contributed by atoms with Gasteiger partial charge in [-0.15, -0.1) is 0 Å². The van der Waals surface area contributed by atoms with Crippen molar-refractivity contribution in [3.8, 4) is 11.5 Å². The van der Waals surface area contributed by atoms with Crippen molar-refractivity contribution in [3.05, 3.63) is 69.3 Å². The van der Waals surface area contributed by atoms with Gasteiger partial charge in [0.1, 0.15) is 19.0 Å². The summed E-state index contributed by atoms with van der Waals surface area (Å²) in [4.78, 5) is 37.8. The average molecular weight is 454 g/mol. The Morgan fingerprint density at radius 3 is 2.52 bits per heavy atom. The second-order valence-electron chi connectivity index (χ2n) is 7.55. The lowest BCUT2D eigenvalue weighted by atomic mass is 9.95. The number of rotatable bonds is 7. The Labute approximate surface area is 189 Å². The highest BCUT2D eigenvalue weighted by Gasteiger charge is 2.46. The number of hydrogen-bond acceptors (Lipinski definition) is 8. The zero-order valence-electron chi connectivity index (χ0n) is 17.9. The Balaban J connectivity index is 1.80. The maximum absolute atomic E-state index is 13.0. The van der Waals surface area contributed by atoms with Crippen LogP contribution in [0.3, 0.4) is 0 Å². The smallest absolute Gasteiger partial charge is 0.295 e. The highest BCUT2D eigenvalue weighted by molar-refractivity contribution is 6.46. The van der Waals surface area contributed by atoms with Crippen molar-refractivity contribution in [2.45, 2.75) is 12.5 Å². The second kappa shape index (κ2) is 9.29. The number of carbonyl (C=O) groups excluding carboxylic acids is 2. The number of nitrogens with zero attached hydrogens (tertiary/aromatic N) is 2. The standard InChI is InChI=1S/C23H22N2O8/c1-31-10-2-9-24-20(14-3-6-16(7-4-14)25(29)30)19(22(27)23(24)28)21(26)15-5-8-17-18(13-15)33-12-11-32-17/h3-8,13,20,26H,2,9-12H2,1H3/b21-19+. The Morgan fingerprint density at radius 1 is 1.15 bits per heavy atom. The molecule has 33 heavy (non-hydrogen) atoms. The predicted octanol–water partition coefficient (Wildman–Crippen LogP) is 2.82. The number of nitro benzene ring substituents is 1. The summed E-state index contributed by atoms with van der Waals surface area (Å²) >= 11 is 0. The minimum absolute atomic E-state index is 0.0945. The molecule has 1 N–H and O–H groups in total. The van der Waals surface area contributed by atoms with Gasteiger partial charge in [0.25, 0.3) is 17.4 Å². The van der Waals surface area contributed by atoms with Crippen molar-refractivity contribution in [1.29, 1.82) is 0 Å². The van der Waals surface area contributed by atoms with Crippen LogP contribution in [0.4, 0.5) is 5.69 Å². The Hall–Kier alpha value is -3.92. The Morgan fingerprint density at radius 2 is 1.85 bits per heavy atom. The number of methoxy groups -OCH3 is 1. The van der Waals surface area contributed by atoms with Gasteiger partial charge in [-0.1, -0.05) is 0 Å². The number of nitro groups is 1. The van der Waals surface area contributed by atoms with Gasteiger partial charge in [0.05, 0.1) is 16.5 Å². The van der Waals surface area contributed by atoms with Crippen molar-refractivity contribution in [1.82, 2.24) is 4.90 Å². The summed E-state index contributed by atoms with van der Waals surface area (Å²) in [6, 6.07) is 9.41. The summed E-state index contributed by atoms with van der Waals surface area (Å²) < 4.78 is 16.1. The molecule has 0 spiro atoms. The number of hydrogen-bond donors (Lipinski definition) is 1. The van der Waals surface area contributed by atoms with E-state index < -0.39 is 22.7 Å². The largest absolute Gasteiger partial charge is 0.507 e. The molecular weight excluding hydrogens is 432 g/mol. The molecule has 172 valence electrons. The van der Waals surface area contributed by atoms with E-state index in [0.29, 0.717) is 48.9 Å². The third-order valence-electron chi connectivity index (χ3n) is 5.52. The van der Waals surface area contributed by atoms with Gasteiger partial charge in [-0.25, -0.2) is 0 Å². The maximum atomic E-state index is 13.0. The molecule has 0 bridgehead atoms. The SMILES string of the molecule is COCCCN1C(=O)C(=O)/C(=C(/O)c2ccc3c(c2)OCCO3)C1c1ccc([N+](=O)[O-])cc1. The Bertz CT molecular complexity index is 1130. The summed E-state index contributed by atoms with van der Waals surface area (Å²) in [5, 5.41) is 22.2. The maximum Gasteiger partial charge on any atom is 0.295 e. The van der Waals surface area contributed by atoms with E-state index in [1.54, 1.807) is 18.2 Å². The van der Waals surface area contributed by atoms with Gasteiger partial charge in [-0.3, -0.25) is 19.7 Å². The number of fused-ring (bicyclic) bond motifs is 1. The highest BCUT2D eigenvalue weighted by Crippen LogP contribution is 2.41. The van der Waals surface area contributed by atoms with Crippen molar-refractivity contribution in [3.63, 3.8) is 0 Å². The quantitative estimate of drug-likeness (QED) is 0.169. The number of carbonyl (C=O) groups is 2. The number of aliphatic hydroxyl groups is 1. The fraction of sp³-hybridized carbons (Fsp3) is 0.304. The van der Waals surface area contributed by atoms with E-state index in [1.165, 1.54) is 36.3 Å². The van der Waals surface area contributed by atoms with Crippen molar-refractivity contribution in [2.24, 2.45) is 0 Å². The fourth-order valence-electron chi connectivity index (χ4n) is 3.96. The zero-order valence-corrected chi connectivity index (χ0v) is 17.9. The molecule has 2 heterocycles. The molecule has 2 aliphatic rings. The van der Waals surface area contributed by atoms with Crippen LogP contribution in [0.2, 0.25) is 0 Å². The first kappa shape index (κ1) is 22.3. The fourth-order valence-corrected chi connectivity index (χ4v) is 3.96. The van der Waals surface area contributed by atoms with E-state index in [9.17, 15) is 24.8 Å². The van der Waals surface area contributed by atoms with Gasteiger partial charge in [0, 0.05) is 38.0 Å². The van der Waals surface area contributed by atoms with Crippen LogP contribution in [0.5, 0.6) is 11.5 Å². The first-order valence-corrected chi connectivity index (χ1v) is 10.3. The molecule has 1 fully saturated rings. The van der Waals surface area contributed by atoms with Crippen molar-refractivity contribution >= 4 is 23.1 Å². The Kier molecular flexibility index (Phi) is 6.27. The van der Waals surface area contributed by atoms with E-state index in [2.05, 4.69) is 0 Å². The minimum atomic E-state index is -0.907.